The number of ether oxygens (including phenoxy) is 1. The van der Waals surface area contributed by atoms with Crippen LogP contribution in [0.5, 0.6) is 5.75 Å². The Balaban J connectivity index is 1.88. The molecular weight excluding hydrogens is 242 g/mol. The summed E-state index contributed by atoms with van der Waals surface area (Å²) in [5.74, 6) is 1.61. The lowest BCUT2D eigenvalue weighted by atomic mass is 10.0. The highest BCUT2D eigenvalue weighted by atomic mass is 16.5. The highest BCUT2D eigenvalue weighted by Crippen LogP contribution is 2.19. The highest BCUT2D eigenvalue weighted by molar-refractivity contribution is 5.29. The van der Waals surface area contributed by atoms with E-state index in [2.05, 4.69) is 34.5 Å². The number of benzene rings is 1. The predicted octanol–water partition coefficient (Wildman–Crippen LogP) is 2.36. The molecule has 102 valence electrons. The molecule has 1 unspecified atom stereocenters. The summed E-state index contributed by atoms with van der Waals surface area (Å²) in [7, 11) is 1.68. The van der Waals surface area contributed by atoms with Crippen molar-refractivity contribution in [2.24, 2.45) is 0 Å². The summed E-state index contributed by atoms with van der Waals surface area (Å²) in [6, 6.07) is 8.48. The molecule has 1 atom stereocenters. The molecule has 5 heteroatoms. The van der Waals surface area contributed by atoms with E-state index in [9.17, 15) is 0 Å². The van der Waals surface area contributed by atoms with Crippen LogP contribution in [0, 0.1) is 0 Å². The summed E-state index contributed by atoms with van der Waals surface area (Å²) >= 11 is 0. The van der Waals surface area contributed by atoms with E-state index >= 15 is 0 Å². The number of hydrogen-bond donors (Lipinski definition) is 1. The Bertz CT molecular complexity index is 468. The monoisotopic (exact) mass is 261 g/mol. The molecule has 0 aliphatic heterocycles. The Morgan fingerprint density at radius 2 is 2.11 bits per heavy atom. The Kier molecular flexibility index (Phi) is 4.92. The molecule has 1 aromatic carbocycles. The van der Waals surface area contributed by atoms with Crippen LogP contribution in [0.4, 0.5) is 0 Å². The number of nitrogens with one attached hydrogen (secondary N) is 1. The molecule has 0 radical (unpaired) electrons. The highest BCUT2D eigenvalue weighted by Gasteiger charge is 2.09. The first-order chi connectivity index (χ1) is 9.33. The van der Waals surface area contributed by atoms with Crippen LogP contribution in [0.1, 0.15) is 30.8 Å². The number of methoxy groups -OCH3 is 1. The van der Waals surface area contributed by atoms with Gasteiger partial charge in [-0.15, -0.1) is 0 Å². The molecule has 0 saturated heterocycles. The van der Waals surface area contributed by atoms with Crippen molar-refractivity contribution in [2.75, 3.05) is 13.7 Å². The lowest BCUT2D eigenvalue weighted by molar-refractivity contribution is 0.407. The van der Waals surface area contributed by atoms with Gasteiger partial charge in [0.15, 0.2) is 5.82 Å². The number of nitrogens with zero attached hydrogens (tertiary/aromatic N) is 2. The molecule has 0 bridgehead atoms. The molecule has 1 aromatic heterocycles. The summed E-state index contributed by atoms with van der Waals surface area (Å²) in [4.78, 5) is 4.00. The average Bonchev–Trinajstić information content (AvgIpc) is 2.97. The van der Waals surface area contributed by atoms with Gasteiger partial charge in [0.2, 0.25) is 6.39 Å². The van der Waals surface area contributed by atoms with Gasteiger partial charge in [0, 0.05) is 19.0 Å². The van der Waals surface area contributed by atoms with Crippen LogP contribution in [0.15, 0.2) is 35.2 Å². The minimum Gasteiger partial charge on any atom is -0.497 e. The maximum absolute atomic E-state index is 5.17. The molecule has 0 saturated carbocycles. The van der Waals surface area contributed by atoms with Gasteiger partial charge in [-0.1, -0.05) is 24.2 Å². The molecule has 2 rings (SSSR count). The van der Waals surface area contributed by atoms with Crippen LogP contribution in [-0.2, 0) is 6.42 Å². The van der Waals surface area contributed by atoms with Gasteiger partial charge in [-0.3, -0.25) is 0 Å². The maximum atomic E-state index is 5.17. The predicted molar refractivity (Wildman–Crippen MR) is 72.0 cm³/mol. The van der Waals surface area contributed by atoms with E-state index in [1.54, 1.807) is 7.11 Å². The largest absolute Gasteiger partial charge is 0.497 e. The fourth-order valence-corrected chi connectivity index (χ4v) is 1.99. The third-order valence-electron chi connectivity index (χ3n) is 3.07. The van der Waals surface area contributed by atoms with Crippen molar-refractivity contribution < 1.29 is 9.26 Å². The SMILES string of the molecule is CCC(NCCc1ncon1)c1ccc(OC)cc1. The van der Waals surface area contributed by atoms with E-state index in [-0.39, 0.29) is 0 Å². The number of rotatable bonds is 7. The molecular formula is C14H19N3O2. The second-order valence-corrected chi connectivity index (χ2v) is 4.29. The summed E-state index contributed by atoms with van der Waals surface area (Å²) < 4.78 is 9.87. The molecule has 5 nitrogen and oxygen atoms in total. The molecule has 2 aromatic rings. The summed E-state index contributed by atoms with van der Waals surface area (Å²) in [6.07, 6.45) is 3.15. The van der Waals surface area contributed by atoms with E-state index in [0.29, 0.717) is 6.04 Å². The molecule has 1 heterocycles. The maximum Gasteiger partial charge on any atom is 0.213 e. The van der Waals surface area contributed by atoms with Crippen LogP contribution in [0.3, 0.4) is 0 Å². The standard InChI is InChI=1S/C14H19N3O2/c1-3-13(11-4-6-12(18-2)7-5-11)15-9-8-14-16-10-19-17-14/h4-7,10,13,15H,3,8-9H2,1-2H3. The second kappa shape index (κ2) is 6.89. The lowest BCUT2D eigenvalue weighted by Crippen LogP contribution is -2.23. The normalized spacial score (nSPS) is 12.3. The van der Waals surface area contributed by atoms with Gasteiger partial charge in [-0.05, 0) is 24.1 Å². The Labute approximate surface area is 113 Å². The van der Waals surface area contributed by atoms with Gasteiger partial charge in [0.25, 0.3) is 0 Å². The number of aromatic nitrogens is 2. The van der Waals surface area contributed by atoms with Gasteiger partial charge >= 0.3 is 0 Å². The fourth-order valence-electron chi connectivity index (χ4n) is 1.99. The van der Waals surface area contributed by atoms with Crippen molar-refractivity contribution in [3.05, 3.63) is 42.0 Å². The van der Waals surface area contributed by atoms with Gasteiger partial charge in [-0.2, -0.15) is 4.98 Å². The first kappa shape index (κ1) is 13.5. The zero-order valence-corrected chi connectivity index (χ0v) is 11.3. The Morgan fingerprint density at radius 3 is 2.68 bits per heavy atom. The summed E-state index contributed by atoms with van der Waals surface area (Å²) in [5, 5.41) is 7.29. The van der Waals surface area contributed by atoms with Crippen LogP contribution < -0.4 is 10.1 Å². The van der Waals surface area contributed by atoms with Gasteiger partial charge < -0.3 is 14.6 Å². The summed E-state index contributed by atoms with van der Waals surface area (Å²) in [5.41, 5.74) is 1.26. The van der Waals surface area contributed by atoms with Crippen LogP contribution >= 0.6 is 0 Å². The van der Waals surface area contributed by atoms with Crippen LogP contribution in [-0.4, -0.2) is 23.8 Å². The molecule has 0 aliphatic rings. The quantitative estimate of drug-likeness (QED) is 0.829. The van der Waals surface area contributed by atoms with Crippen molar-refractivity contribution in [2.45, 2.75) is 25.8 Å². The second-order valence-electron chi connectivity index (χ2n) is 4.29. The van der Waals surface area contributed by atoms with Gasteiger partial charge in [-0.25, -0.2) is 0 Å². The Hall–Kier alpha value is -1.88. The minimum atomic E-state index is 0.331. The smallest absolute Gasteiger partial charge is 0.213 e. The third kappa shape index (κ3) is 3.79. The van der Waals surface area contributed by atoms with Gasteiger partial charge in [0.1, 0.15) is 5.75 Å². The molecule has 0 aliphatic carbocycles. The van der Waals surface area contributed by atoms with E-state index in [1.807, 2.05) is 12.1 Å². The van der Waals surface area contributed by atoms with Crippen molar-refractivity contribution in [3.8, 4) is 5.75 Å². The van der Waals surface area contributed by atoms with E-state index in [0.717, 1.165) is 31.0 Å². The van der Waals surface area contributed by atoms with Gasteiger partial charge in [0.05, 0.1) is 7.11 Å². The molecule has 0 fully saturated rings. The first-order valence-corrected chi connectivity index (χ1v) is 6.46. The van der Waals surface area contributed by atoms with E-state index < -0.39 is 0 Å². The molecule has 0 spiro atoms. The first-order valence-electron chi connectivity index (χ1n) is 6.46. The van der Waals surface area contributed by atoms with Crippen molar-refractivity contribution in [3.63, 3.8) is 0 Å². The third-order valence-corrected chi connectivity index (χ3v) is 3.07. The average molecular weight is 261 g/mol. The topological polar surface area (TPSA) is 60.2 Å². The lowest BCUT2D eigenvalue weighted by Gasteiger charge is -2.17. The summed E-state index contributed by atoms with van der Waals surface area (Å²) in [6.45, 7) is 2.99. The molecule has 0 amide bonds. The van der Waals surface area contributed by atoms with Crippen LogP contribution in [0.25, 0.3) is 0 Å². The number of hydrogen-bond acceptors (Lipinski definition) is 5. The minimum absolute atomic E-state index is 0.331. The Morgan fingerprint density at radius 1 is 1.32 bits per heavy atom. The molecule has 1 N–H and O–H groups in total. The van der Waals surface area contributed by atoms with E-state index in [4.69, 9.17) is 9.26 Å². The molecule has 19 heavy (non-hydrogen) atoms. The van der Waals surface area contributed by atoms with Crippen molar-refractivity contribution >= 4 is 0 Å². The zero-order valence-electron chi connectivity index (χ0n) is 11.3. The van der Waals surface area contributed by atoms with E-state index in [1.165, 1.54) is 12.0 Å². The van der Waals surface area contributed by atoms with Crippen molar-refractivity contribution in [1.29, 1.82) is 0 Å². The van der Waals surface area contributed by atoms with Crippen LogP contribution in [0.2, 0.25) is 0 Å². The van der Waals surface area contributed by atoms with Crippen molar-refractivity contribution in [1.82, 2.24) is 15.5 Å². The zero-order chi connectivity index (χ0) is 13.5. The fraction of sp³-hybridized carbons (Fsp3) is 0.429.